The number of rotatable bonds is 5. The van der Waals surface area contributed by atoms with Gasteiger partial charge in [-0.15, -0.1) is 5.10 Å². The molecule has 2 N–H and O–H groups in total. The lowest BCUT2D eigenvalue weighted by molar-refractivity contribution is 0.954. The summed E-state index contributed by atoms with van der Waals surface area (Å²) < 4.78 is 0. The SMILES string of the molecule is CCCNc1nc(/N=C/c2ccccc2)n[nH]1. The Bertz CT molecular complexity index is 475. The van der Waals surface area contributed by atoms with Gasteiger partial charge in [0.25, 0.3) is 5.95 Å². The monoisotopic (exact) mass is 229 g/mol. The van der Waals surface area contributed by atoms with E-state index < -0.39 is 0 Å². The minimum Gasteiger partial charge on any atom is -0.355 e. The van der Waals surface area contributed by atoms with E-state index in [1.54, 1.807) is 6.21 Å². The Hall–Kier alpha value is -2.17. The maximum atomic E-state index is 4.19. The number of H-pyrrole nitrogens is 1. The van der Waals surface area contributed by atoms with Crippen molar-refractivity contribution in [1.82, 2.24) is 15.2 Å². The fourth-order valence-electron chi connectivity index (χ4n) is 1.30. The molecule has 1 heterocycles. The van der Waals surface area contributed by atoms with Gasteiger partial charge in [0, 0.05) is 12.8 Å². The Morgan fingerprint density at radius 2 is 2.18 bits per heavy atom. The molecule has 88 valence electrons. The van der Waals surface area contributed by atoms with Crippen LogP contribution >= 0.6 is 0 Å². The first-order valence-corrected chi connectivity index (χ1v) is 5.64. The van der Waals surface area contributed by atoms with Gasteiger partial charge in [-0.1, -0.05) is 37.3 Å². The van der Waals surface area contributed by atoms with Crippen LogP contribution < -0.4 is 5.32 Å². The van der Waals surface area contributed by atoms with E-state index in [1.165, 1.54) is 0 Å². The number of aliphatic imine (C=N–C) groups is 1. The van der Waals surface area contributed by atoms with Gasteiger partial charge in [0.15, 0.2) is 0 Å². The van der Waals surface area contributed by atoms with Gasteiger partial charge in [-0.05, 0) is 12.0 Å². The molecule has 0 spiro atoms. The summed E-state index contributed by atoms with van der Waals surface area (Å²) in [6, 6.07) is 9.86. The van der Waals surface area contributed by atoms with Crippen molar-refractivity contribution in [1.29, 1.82) is 0 Å². The smallest absolute Gasteiger partial charge is 0.269 e. The number of benzene rings is 1. The van der Waals surface area contributed by atoms with Crippen LogP contribution in [0, 0.1) is 0 Å². The fourth-order valence-corrected chi connectivity index (χ4v) is 1.30. The molecule has 17 heavy (non-hydrogen) atoms. The Morgan fingerprint density at radius 3 is 2.94 bits per heavy atom. The zero-order valence-corrected chi connectivity index (χ0v) is 9.72. The first-order valence-electron chi connectivity index (χ1n) is 5.64. The van der Waals surface area contributed by atoms with E-state index in [1.807, 2.05) is 30.3 Å². The minimum atomic E-state index is 0.437. The van der Waals surface area contributed by atoms with Gasteiger partial charge >= 0.3 is 0 Å². The average molecular weight is 229 g/mol. The lowest BCUT2D eigenvalue weighted by atomic mass is 10.2. The summed E-state index contributed by atoms with van der Waals surface area (Å²) in [5, 5.41) is 9.89. The van der Waals surface area contributed by atoms with Crippen LogP contribution in [-0.2, 0) is 0 Å². The van der Waals surface area contributed by atoms with Crippen molar-refractivity contribution in [3.8, 4) is 0 Å². The van der Waals surface area contributed by atoms with Crippen LogP contribution in [0.25, 0.3) is 0 Å². The molecule has 1 aromatic heterocycles. The molecular formula is C12H15N5. The Morgan fingerprint density at radius 1 is 1.35 bits per heavy atom. The van der Waals surface area contributed by atoms with E-state index >= 15 is 0 Å². The number of anilines is 1. The Kier molecular flexibility index (Phi) is 3.85. The highest BCUT2D eigenvalue weighted by molar-refractivity contribution is 5.81. The second-order valence-corrected chi connectivity index (χ2v) is 3.58. The summed E-state index contributed by atoms with van der Waals surface area (Å²) in [6.07, 6.45) is 2.79. The maximum absolute atomic E-state index is 4.19. The van der Waals surface area contributed by atoms with Crippen LogP contribution in [-0.4, -0.2) is 27.9 Å². The standard InChI is InChI=1S/C12H15N5/c1-2-8-13-11-15-12(17-16-11)14-9-10-6-4-3-5-7-10/h3-7,9H,2,8H2,1H3,(H2,13,15,16,17)/b14-9+. The molecule has 0 bridgehead atoms. The molecule has 5 nitrogen and oxygen atoms in total. The van der Waals surface area contributed by atoms with Crippen molar-refractivity contribution < 1.29 is 0 Å². The molecule has 1 aromatic carbocycles. The molecule has 2 aromatic rings. The summed E-state index contributed by atoms with van der Waals surface area (Å²) in [6.45, 7) is 2.97. The molecule has 0 aliphatic heterocycles. The molecule has 0 radical (unpaired) electrons. The van der Waals surface area contributed by atoms with Crippen LogP contribution in [0.3, 0.4) is 0 Å². The number of hydrogen-bond donors (Lipinski definition) is 2. The molecule has 0 amide bonds. The predicted octanol–water partition coefficient (Wildman–Crippen LogP) is 2.38. The topological polar surface area (TPSA) is 66.0 Å². The van der Waals surface area contributed by atoms with Gasteiger partial charge in [0.05, 0.1) is 0 Å². The first-order chi connectivity index (χ1) is 8.38. The molecular weight excluding hydrogens is 214 g/mol. The van der Waals surface area contributed by atoms with E-state index in [2.05, 4.69) is 32.4 Å². The summed E-state index contributed by atoms with van der Waals surface area (Å²) in [4.78, 5) is 8.37. The molecule has 0 aliphatic rings. The predicted molar refractivity (Wildman–Crippen MR) is 68.9 cm³/mol. The number of hydrogen-bond acceptors (Lipinski definition) is 4. The van der Waals surface area contributed by atoms with Crippen molar-refractivity contribution in [2.45, 2.75) is 13.3 Å². The van der Waals surface area contributed by atoms with Crippen LogP contribution in [0.5, 0.6) is 0 Å². The van der Waals surface area contributed by atoms with Gasteiger partial charge in [-0.3, -0.25) is 0 Å². The largest absolute Gasteiger partial charge is 0.355 e. The Balaban J connectivity index is 1.99. The molecule has 5 heteroatoms. The van der Waals surface area contributed by atoms with Crippen LogP contribution in [0.1, 0.15) is 18.9 Å². The molecule has 2 rings (SSSR count). The number of nitrogens with one attached hydrogen (secondary N) is 2. The average Bonchev–Trinajstić information content (AvgIpc) is 2.83. The second kappa shape index (κ2) is 5.79. The van der Waals surface area contributed by atoms with Gasteiger partial charge in [-0.2, -0.15) is 4.98 Å². The van der Waals surface area contributed by atoms with Crippen molar-refractivity contribution in [2.24, 2.45) is 4.99 Å². The first kappa shape index (κ1) is 11.3. The molecule has 0 fully saturated rings. The zero-order chi connectivity index (χ0) is 11.9. The van der Waals surface area contributed by atoms with E-state index in [0.29, 0.717) is 11.9 Å². The molecule has 0 aliphatic carbocycles. The van der Waals surface area contributed by atoms with Crippen LogP contribution in [0.15, 0.2) is 35.3 Å². The van der Waals surface area contributed by atoms with E-state index in [-0.39, 0.29) is 0 Å². The van der Waals surface area contributed by atoms with Crippen molar-refractivity contribution in [2.75, 3.05) is 11.9 Å². The van der Waals surface area contributed by atoms with Crippen molar-refractivity contribution >= 4 is 18.1 Å². The maximum Gasteiger partial charge on any atom is 0.269 e. The van der Waals surface area contributed by atoms with Gasteiger partial charge in [0.1, 0.15) is 0 Å². The fraction of sp³-hybridized carbons (Fsp3) is 0.250. The third-order valence-electron chi connectivity index (χ3n) is 2.14. The Labute approximate surface area is 100 Å². The number of nitrogens with zero attached hydrogens (tertiary/aromatic N) is 3. The summed E-state index contributed by atoms with van der Waals surface area (Å²) in [5.41, 5.74) is 1.03. The zero-order valence-electron chi connectivity index (χ0n) is 9.72. The summed E-state index contributed by atoms with van der Waals surface area (Å²) in [5.74, 6) is 1.10. The lowest BCUT2D eigenvalue weighted by Gasteiger charge is -1.95. The third kappa shape index (κ3) is 3.41. The van der Waals surface area contributed by atoms with Gasteiger partial charge < -0.3 is 5.32 Å². The molecule has 0 saturated heterocycles. The van der Waals surface area contributed by atoms with Crippen molar-refractivity contribution in [3.63, 3.8) is 0 Å². The molecule has 0 atom stereocenters. The minimum absolute atomic E-state index is 0.437. The van der Waals surface area contributed by atoms with E-state index in [0.717, 1.165) is 18.5 Å². The van der Waals surface area contributed by atoms with Crippen LogP contribution in [0.2, 0.25) is 0 Å². The summed E-state index contributed by atoms with van der Waals surface area (Å²) in [7, 11) is 0. The number of aromatic nitrogens is 3. The van der Waals surface area contributed by atoms with E-state index in [4.69, 9.17) is 0 Å². The molecule has 0 saturated carbocycles. The quantitative estimate of drug-likeness (QED) is 0.773. The van der Waals surface area contributed by atoms with Crippen LogP contribution in [0.4, 0.5) is 11.9 Å². The second-order valence-electron chi connectivity index (χ2n) is 3.58. The highest BCUT2D eigenvalue weighted by Crippen LogP contribution is 2.07. The third-order valence-corrected chi connectivity index (χ3v) is 2.14. The highest BCUT2D eigenvalue weighted by Gasteiger charge is 1.98. The number of aromatic amines is 1. The summed E-state index contributed by atoms with van der Waals surface area (Å²) >= 11 is 0. The molecule has 0 unspecified atom stereocenters. The van der Waals surface area contributed by atoms with E-state index in [9.17, 15) is 0 Å². The normalized spacial score (nSPS) is 10.9. The van der Waals surface area contributed by atoms with Gasteiger partial charge in [0.2, 0.25) is 5.95 Å². The lowest BCUT2D eigenvalue weighted by Crippen LogP contribution is -2.00. The van der Waals surface area contributed by atoms with Gasteiger partial charge in [-0.25, -0.2) is 10.1 Å². The highest BCUT2D eigenvalue weighted by atomic mass is 15.3. The van der Waals surface area contributed by atoms with Crippen molar-refractivity contribution in [3.05, 3.63) is 35.9 Å².